The molecule has 4 N–H and O–H groups in total. The first kappa shape index (κ1) is 27.2. The number of unbranched alkanes of at least 4 members (excludes halogenated alkanes) is 3. The number of allylic oxidation sites excluding steroid dienone is 2. The third-order valence-electron chi connectivity index (χ3n) is 6.66. The largest absolute Gasteiger partial charge is 0.394 e. The lowest BCUT2D eigenvalue weighted by atomic mass is 9.78. The maximum Gasteiger partial charge on any atom is 0.220 e. The Hall–Kier alpha value is -2.02. The molecule has 0 radical (unpaired) electrons. The van der Waals surface area contributed by atoms with Gasteiger partial charge in [0.05, 0.1) is 25.4 Å². The number of aliphatic hydroxyl groups excluding tert-OH is 3. The minimum atomic E-state index is -0.583. The number of aryl methyl sites for hydroxylation is 1. The van der Waals surface area contributed by atoms with E-state index in [1.54, 1.807) is 6.08 Å². The molecule has 6 nitrogen and oxygen atoms in total. The van der Waals surface area contributed by atoms with E-state index < -0.39 is 12.1 Å². The van der Waals surface area contributed by atoms with Crippen LogP contribution in [0.2, 0.25) is 0 Å². The number of benzene rings is 1. The van der Waals surface area contributed by atoms with Crippen molar-refractivity contribution in [3.8, 4) is 0 Å². The molecule has 4 unspecified atom stereocenters. The molecule has 1 aliphatic carbocycles. The number of carbonyl (C=O) groups is 2. The minimum absolute atomic E-state index is 0.0453. The summed E-state index contributed by atoms with van der Waals surface area (Å²) in [5.74, 6) is 0.356. The van der Waals surface area contributed by atoms with Crippen molar-refractivity contribution in [1.29, 1.82) is 0 Å². The Bertz CT molecular complexity index is 731. The number of amides is 1. The quantitative estimate of drug-likeness (QED) is 0.284. The number of rotatable bonds is 16. The van der Waals surface area contributed by atoms with Crippen molar-refractivity contribution in [1.82, 2.24) is 5.32 Å². The van der Waals surface area contributed by atoms with Gasteiger partial charge >= 0.3 is 0 Å². The zero-order valence-corrected chi connectivity index (χ0v) is 19.9. The van der Waals surface area contributed by atoms with E-state index in [1.807, 2.05) is 24.3 Å². The normalized spacial score (nSPS) is 19.7. The molecule has 1 aromatic rings. The maximum atomic E-state index is 12.5. The predicted molar refractivity (Wildman–Crippen MR) is 129 cm³/mol. The molecule has 0 fully saturated rings. The van der Waals surface area contributed by atoms with Crippen LogP contribution in [-0.2, 0) is 16.0 Å². The van der Waals surface area contributed by atoms with E-state index in [1.165, 1.54) is 5.56 Å². The Morgan fingerprint density at radius 2 is 1.76 bits per heavy atom. The molecule has 184 valence electrons. The van der Waals surface area contributed by atoms with Crippen LogP contribution in [0, 0.1) is 17.8 Å². The lowest BCUT2D eigenvalue weighted by Gasteiger charge is -2.26. The standard InChI is InChI=1S/C27H41NO5/c1-20(17-24(31)15-13-21-9-5-4-6-10-21)27-22(14-16-25(27)32)11-7-2-3-8-12-26(33)28-23(18-29)19-30/h4-6,9-10,14,16,20,22-24,27,29-31H,2-3,7-8,11-13,15,17-19H2,1H3,(H,28,33). The molecule has 1 aliphatic rings. The van der Waals surface area contributed by atoms with E-state index in [9.17, 15) is 14.7 Å². The topological polar surface area (TPSA) is 107 Å². The molecular weight excluding hydrogens is 418 g/mol. The second kappa shape index (κ2) is 15.0. The van der Waals surface area contributed by atoms with E-state index in [2.05, 4.69) is 24.4 Å². The average Bonchev–Trinajstić information content (AvgIpc) is 3.19. The molecule has 0 saturated carbocycles. The zero-order chi connectivity index (χ0) is 24.1. The summed E-state index contributed by atoms with van der Waals surface area (Å²) >= 11 is 0. The molecule has 0 spiro atoms. The van der Waals surface area contributed by atoms with Crippen molar-refractivity contribution >= 4 is 11.7 Å². The first-order chi connectivity index (χ1) is 15.9. The highest BCUT2D eigenvalue weighted by atomic mass is 16.3. The summed E-state index contributed by atoms with van der Waals surface area (Å²) in [4.78, 5) is 24.3. The summed E-state index contributed by atoms with van der Waals surface area (Å²) in [6, 6.07) is 9.57. The van der Waals surface area contributed by atoms with Gasteiger partial charge in [-0.3, -0.25) is 9.59 Å². The molecule has 1 amide bonds. The van der Waals surface area contributed by atoms with Crippen molar-refractivity contribution in [2.24, 2.45) is 17.8 Å². The Morgan fingerprint density at radius 1 is 1.06 bits per heavy atom. The summed E-state index contributed by atoms with van der Waals surface area (Å²) < 4.78 is 0. The highest BCUT2D eigenvalue weighted by Crippen LogP contribution is 2.35. The van der Waals surface area contributed by atoms with Gasteiger partial charge in [0.1, 0.15) is 0 Å². The summed E-state index contributed by atoms with van der Waals surface area (Å²) in [6.45, 7) is 1.55. The molecule has 0 heterocycles. The Kier molecular flexibility index (Phi) is 12.4. The minimum Gasteiger partial charge on any atom is -0.394 e. The van der Waals surface area contributed by atoms with Gasteiger partial charge in [-0.15, -0.1) is 0 Å². The van der Waals surface area contributed by atoms with Gasteiger partial charge in [0, 0.05) is 12.3 Å². The van der Waals surface area contributed by atoms with Crippen molar-refractivity contribution in [2.45, 2.75) is 76.9 Å². The van der Waals surface area contributed by atoms with Crippen LogP contribution < -0.4 is 5.32 Å². The Morgan fingerprint density at radius 3 is 2.45 bits per heavy atom. The third kappa shape index (κ3) is 9.78. The fourth-order valence-electron chi connectivity index (χ4n) is 4.78. The van der Waals surface area contributed by atoms with Gasteiger partial charge in [0.2, 0.25) is 5.91 Å². The summed E-state index contributed by atoms with van der Waals surface area (Å²) in [5, 5.41) is 31.1. The summed E-state index contributed by atoms with van der Waals surface area (Å²) in [6.07, 6.45) is 10.6. The molecule has 0 saturated heterocycles. The second-order valence-corrected chi connectivity index (χ2v) is 9.42. The third-order valence-corrected chi connectivity index (χ3v) is 6.66. The number of aliphatic hydroxyl groups is 3. The highest BCUT2D eigenvalue weighted by Gasteiger charge is 2.34. The fraction of sp³-hybridized carbons (Fsp3) is 0.630. The van der Waals surface area contributed by atoms with Gasteiger partial charge in [-0.25, -0.2) is 0 Å². The first-order valence-corrected chi connectivity index (χ1v) is 12.4. The summed E-state index contributed by atoms with van der Waals surface area (Å²) in [5.41, 5.74) is 1.22. The van der Waals surface area contributed by atoms with Crippen LogP contribution >= 0.6 is 0 Å². The molecule has 4 atom stereocenters. The first-order valence-electron chi connectivity index (χ1n) is 12.4. The highest BCUT2D eigenvalue weighted by molar-refractivity contribution is 5.94. The van der Waals surface area contributed by atoms with Crippen LogP contribution in [0.3, 0.4) is 0 Å². The van der Waals surface area contributed by atoms with E-state index in [0.717, 1.165) is 38.5 Å². The molecule has 0 bridgehead atoms. The number of hydrogen-bond acceptors (Lipinski definition) is 5. The van der Waals surface area contributed by atoms with Crippen molar-refractivity contribution in [3.63, 3.8) is 0 Å². The fourth-order valence-corrected chi connectivity index (χ4v) is 4.78. The molecular formula is C27H41NO5. The van der Waals surface area contributed by atoms with Gasteiger partial charge in [-0.2, -0.15) is 0 Å². The van der Waals surface area contributed by atoms with Gasteiger partial charge < -0.3 is 20.6 Å². The van der Waals surface area contributed by atoms with Crippen LogP contribution in [0.1, 0.15) is 63.9 Å². The van der Waals surface area contributed by atoms with Gasteiger partial charge in [0.15, 0.2) is 5.78 Å². The van der Waals surface area contributed by atoms with Gasteiger partial charge in [0.25, 0.3) is 0 Å². The predicted octanol–water partition coefficient (Wildman–Crippen LogP) is 3.19. The van der Waals surface area contributed by atoms with E-state index in [0.29, 0.717) is 19.3 Å². The molecule has 6 heteroatoms. The lowest BCUT2D eigenvalue weighted by molar-refractivity contribution is -0.122. The van der Waals surface area contributed by atoms with Gasteiger partial charge in [-0.05, 0) is 55.6 Å². The molecule has 2 rings (SSSR count). The van der Waals surface area contributed by atoms with Gasteiger partial charge in [-0.1, -0.05) is 62.6 Å². The van der Waals surface area contributed by atoms with Crippen molar-refractivity contribution < 1.29 is 24.9 Å². The van der Waals surface area contributed by atoms with E-state index in [4.69, 9.17) is 10.2 Å². The second-order valence-electron chi connectivity index (χ2n) is 9.42. The monoisotopic (exact) mass is 459 g/mol. The zero-order valence-electron chi connectivity index (χ0n) is 19.9. The lowest BCUT2D eigenvalue weighted by Crippen LogP contribution is -2.39. The number of ketones is 1. The Labute approximate surface area is 198 Å². The number of hydrogen-bond donors (Lipinski definition) is 4. The van der Waals surface area contributed by atoms with Crippen LogP contribution in [0.25, 0.3) is 0 Å². The molecule has 33 heavy (non-hydrogen) atoms. The van der Waals surface area contributed by atoms with E-state index in [-0.39, 0.29) is 42.7 Å². The van der Waals surface area contributed by atoms with Crippen LogP contribution in [0.4, 0.5) is 0 Å². The molecule has 0 aromatic heterocycles. The van der Waals surface area contributed by atoms with E-state index >= 15 is 0 Å². The smallest absolute Gasteiger partial charge is 0.220 e. The van der Waals surface area contributed by atoms with Crippen LogP contribution in [0.5, 0.6) is 0 Å². The Balaban J connectivity index is 1.65. The summed E-state index contributed by atoms with van der Waals surface area (Å²) in [7, 11) is 0. The average molecular weight is 460 g/mol. The van der Waals surface area contributed by atoms with Crippen LogP contribution in [-0.4, -0.2) is 52.4 Å². The SMILES string of the molecule is CC(CC(O)CCc1ccccc1)C1C(=O)C=CC1CCCCCCC(=O)NC(CO)CO. The van der Waals surface area contributed by atoms with Crippen molar-refractivity contribution in [2.75, 3.05) is 13.2 Å². The maximum absolute atomic E-state index is 12.5. The van der Waals surface area contributed by atoms with Crippen molar-refractivity contribution in [3.05, 3.63) is 48.0 Å². The number of carbonyl (C=O) groups excluding carboxylic acids is 2. The number of nitrogens with one attached hydrogen (secondary N) is 1. The molecule has 0 aliphatic heterocycles. The van der Waals surface area contributed by atoms with Crippen LogP contribution in [0.15, 0.2) is 42.5 Å². The molecule has 1 aromatic carbocycles.